The second-order valence-corrected chi connectivity index (χ2v) is 4.88. The highest BCUT2D eigenvalue weighted by atomic mass is 35.5. The third-order valence-corrected chi connectivity index (χ3v) is 3.34. The number of non-ortho nitro benzene ring substituents is 1. The number of benzene rings is 2. The fraction of sp³-hybridized carbons (Fsp3) is 0.143. The van der Waals surface area contributed by atoms with Gasteiger partial charge in [0, 0.05) is 22.7 Å². The number of nitro groups is 1. The van der Waals surface area contributed by atoms with E-state index >= 15 is 0 Å². The fourth-order valence-corrected chi connectivity index (χ4v) is 2.16. The second-order valence-electron chi connectivity index (χ2n) is 4.44. The first-order valence-corrected chi connectivity index (χ1v) is 6.23. The molecule has 0 saturated heterocycles. The second kappa shape index (κ2) is 5.56. The van der Waals surface area contributed by atoms with Gasteiger partial charge in [-0.15, -0.1) is 0 Å². The van der Waals surface area contributed by atoms with Crippen LogP contribution in [-0.4, -0.2) is 4.92 Å². The van der Waals surface area contributed by atoms with E-state index in [2.05, 4.69) is 0 Å². The lowest BCUT2D eigenvalue weighted by molar-refractivity contribution is -0.384. The Labute approximate surface area is 120 Å². The Kier molecular flexibility index (Phi) is 4.01. The summed E-state index contributed by atoms with van der Waals surface area (Å²) in [5.74, 6) is -0.532. The molecular weight excluding hydrogens is 283 g/mol. The van der Waals surface area contributed by atoms with Crippen LogP contribution in [0.2, 0.25) is 5.02 Å². The Morgan fingerprint density at radius 3 is 2.55 bits per heavy atom. The van der Waals surface area contributed by atoms with Gasteiger partial charge in [0.05, 0.1) is 11.0 Å². The summed E-state index contributed by atoms with van der Waals surface area (Å²) in [6, 6.07) is 7.77. The molecule has 104 valence electrons. The molecule has 20 heavy (non-hydrogen) atoms. The van der Waals surface area contributed by atoms with Crippen molar-refractivity contribution in [1.29, 1.82) is 0 Å². The molecule has 0 heterocycles. The number of nitrogens with zero attached hydrogens (tertiary/aromatic N) is 1. The number of nitro benzene ring substituents is 1. The van der Waals surface area contributed by atoms with Crippen LogP contribution in [0.4, 0.5) is 10.1 Å². The van der Waals surface area contributed by atoms with E-state index in [0.717, 1.165) is 5.56 Å². The molecule has 2 aromatic rings. The Bertz CT molecular complexity index is 676. The van der Waals surface area contributed by atoms with Crippen LogP contribution in [0.3, 0.4) is 0 Å². The van der Waals surface area contributed by atoms with E-state index < -0.39 is 16.8 Å². The molecule has 4 nitrogen and oxygen atoms in total. The molecule has 0 aliphatic rings. The van der Waals surface area contributed by atoms with Gasteiger partial charge in [-0.3, -0.25) is 10.1 Å². The average Bonchev–Trinajstić information content (AvgIpc) is 2.38. The van der Waals surface area contributed by atoms with Crippen molar-refractivity contribution in [1.82, 2.24) is 0 Å². The summed E-state index contributed by atoms with van der Waals surface area (Å²) in [7, 11) is 0. The average molecular weight is 295 g/mol. The Morgan fingerprint density at radius 2 is 1.95 bits per heavy atom. The van der Waals surface area contributed by atoms with Crippen molar-refractivity contribution in [2.75, 3.05) is 0 Å². The summed E-state index contributed by atoms with van der Waals surface area (Å²) in [5, 5.41) is 11.1. The van der Waals surface area contributed by atoms with E-state index in [9.17, 15) is 14.5 Å². The minimum absolute atomic E-state index is 0.0737. The van der Waals surface area contributed by atoms with Crippen molar-refractivity contribution in [3.63, 3.8) is 0 Å². The molecule has 1 unspecified atom stereocenters. The number of hydrogen-bond acceptors (Lipinski definition) is 3. The summed E-state index contributed by atoms with van der Waals surface area (Å²) in [5.41, 5.74) is 7.48. The van der Waals surface area contributed by atoms with E-state index in [-0.39, 0.29) is 16.3 Å². The molecule has 0 aromatic heterocycles. The first-order valence-electron chi connectivity index (χ1n) is 5.85. The molecule has 0 fully saturated rings. The van der Waals surface area contributed by atoms with Crippen LogP contribution in [0, 0.1) is 22.9 Å². The van der Waals surface area contributed by atoms with Gasteiger partial charge in [-0.25, -0.2) is 4.39 Å². The minimum Gasteiger partial charge on any atom is -0.320 e. The number of nitrogens with two attached hydrogens (primary N) is 1. The Morgan fingerprint density at radius 1 is 1.25 bits per heavy atom. The third-order valence-electron chi connectivity index (χ3n) is 3.11. The molecule has 2 N–H and O–H groups in total. The van der Waals surface area contributed by atoms with Gasteiger partial charge in [0.1, 0.15) is 5.82 Å². The molecule has 0 spiro atoms. The van der Waals surface area contributed by atoms with Gasteiger partial charge in [-0.1, -0.05) is 23.7 Å². The van der Waals surface area contributed by atoms with Gasteiger partial charge in [-0.2, -0.15) is 0 Å². The monoisotopic (exact) mass is 294 g/mol. The molecule has 6 heteroatoms. The molecule has 0 radical (unpaired) electrons. The van der Waals surface area contributed by atoms with Crippen LogP contribution >= 0.6 is 11.6 Å². The standard InChI is InChI=1S/C14H12ClFN2O2/c1-8-2-4-10(18(19)20)7-12(8)14(17)11-5-3-9(15)6-13(11)16/h2-7,14H,17H2,1H3. The number of rotatable bonds is 3. The van der Waals surface area contributed by atoms with E-state index in [0.29, 0.717) is 5.56 Å². The molecule has 2 aromatic carbocycles. The molecular formula is C14H12ClFN2O2. The van der Waals surface area contributed by atoms with Crippen molar-refractivity contribution in [3.05, 3.63) is 74.0 Å². The maximum Gasteiger partial charge on any atom is 0.269 e. The van der Waals surface area contributed by atoms with Crippen molar-refractivity contribution in [2.45, 2.75) is 13.0 Å². The molecule has 0 amide bonds. The van der Waals surface area contributed by atoms with Crippen LogP contribution in [0.5, 0.6) is 0 Å². The zero-order valence-corrected chi connectivity index (χ0v) is 11.4. The first-order chi connectivity index (χ1) is 9.40. The number of hydrogen-bond donors (Lipinski definition) is 1. The van der Waals surface area contributed by atoms with E-state index in [1.807, 2.05) is 0 Å². The summed E-state index contributed by atoms with van der Waals surface area (Å²) in [4.78, 5) is 10.3. The van der Waals surface area contributed by atoms with Crippen LogP contribution in [0.1, 0.15) is 22.7 Å². The maximum absolute atomic E-state index is 13.9. The number of halogens is 2. The lowest BCUT2D eigenvalue weighted by Crippen LogP contribution is -2.15. The maximum atomic E-state index is 13.9. The Balaban J connectivity index is 2.49. The van der Waals surface area contributed by atoms with Crippen LogP contribution in [0.15, 0.2) is 36.4 Å². The molecule has 0 bridgehead atoms. The Hall–Kier alpha value is -1.98. The summed E-state index contributed by atoms with van der Waals surface area (Å²) in [6.07, 6.45) is 0. The SMILES string of the molecule is Cc1ccc([N+](=O)[O-])cc1C(N)c1ccc(Cl)cc1F. The van der Waals surface area contributed by atoms with Gasteiger partial charge >= 0.3 is 0 Å². The molecule has 0 aliphatic heterocycles. The van der Waals surface area contributed by atoms with Crippen molar-refractivity contribution in [2.24, 2.45) is 5.73 Å². The van der Waals surface area contributed by atoms with Crippen LogP contribution < -0.4 is 5.73 Å². The van der Waals surface area contributed by atoms with Crippen molar-refractivity contribution in [3.8, 4) is 0 Å². The third kappa shape index (κ3) is 2.79. The molecule has 2 rings (SSSR count). The first kappa shape index (κ1) is 14.4. The van der Waals surface area contributed by atoms with Gasteiger partial charge in [0.15, 0.2) is 0 Å². The lowest BCUT2D eigenvalue weighted by atomic mass is 9.95. The molecule has 0 saturated carbocycles. The van der Waals surface area contributed by atoms with E-state index in [4.69, 9.17) is 17.3 Å². The van der Waals surface area contributed by atoms with Crippen LogP contribution in [-0.2, 0) is 0 Å². The van der Waals surface area contributed by atoms with Crippen LogP contribution in [0.25, 0.3) is 0 Å². The fourth-order valence-electron chi connectivity index (χ4n) is 2.00. The largest absolute Gasteiger partial charge is 0.320 e. The summed E-state index contributed by atoms with van der Waals surface area (Å²) < 4.78 is 13.9. The van der Waals surface area contributed by atoms with Gasteiger partial charge in [0.2, 0.25) is 0 Å². The predicted molar refractivity (Wildman–Crippen MR) is 75.3 cm³/mol. The predicted octanol–water partition coefficient (Wildman–Crippen LogP) is 3.74. The summed E-state index contributed by atoms with van der Waals surface area (Å²) in [6.45, 7) is 1.77. The van der Waals surface area contributed by atoms with Crippen molar-refractivity contribution >= 4 is 17.3 Å². The summed E-state index contributed by atoms with van der Waals surface area (Å²) >= 11 is 5.70. The molecule has 0 aliphatic carbocycles. The highest BCUT2D eigenvalue weighted by molar-refractivity contribution is 6.30. The zero-order valence-electron chi connectivity index (χ0n) is 10.6. The van der Waals surface area contributed by atoms with Gasteiger partial charge < -0.3 is 5.73 Å². The molecule has 1 atom stereocenters. The zero-order chi connectivity index (χ0) is 14.9. The smallest absolute Gasteiger partial charge is 0.269 e. The van der Waals surface area contributed by atoms with E-state index in [1.54, 1.807) is 13.0 Å². The number of aryl methyl sites for hydroxylation is 1. The van der Waals surface area contributed by atoms with Crippen molar-refractivity contribution < 1.29 is 9.31 Å². The minimum atomic E-state index is -0.785. The highest BCUT2D eigenvalue weighted by Crippen LogP contribution is 2.29. The normalized spacial score (nSPS) is 12.2. The van der Waals surface area contributed by atoms with Gasteiger partial charge in [-0.05, 0) is 30.2 Å². The van der Waals surface area contributed by atoms with E-state index in [1.165, 1.54) is 30.3 Å². The lowest BCUT2D eigenvalue weighted by Gasteiger charge is -2.16. The highest BCUT2D eigenvalue weighted by Gasteiger charge is 2.18. The quantitative estimate of drug-likeness (QED) is 0.692. The topological polar surface area (TPSA) is 69.2 Å². The van der Waals surface area contributed by atoms with Gasteiger partial charge in [0.25, 0.3) is 5.69 Å².